The average Bonchev–Trinajstić information content (AvgIpc) is 3.84. The zero-order valence-electron chi connectivity index (χ0n) is 34.6. The fraction of sp³-hybridized carbons (Fsp3) is 0.273. The maximum Gasteiger partial charge on any atom is 0.164 e. The molecule has 1 N–H and O–H groups in total. The number of aromatic amines is 1. The van der Waals surface area contributed by atoms with Gasteiger partial charge in [0.15, 0.2) is 31.5 Å². The lowest BCUT2D eigenvalue weighted by Crippen LogP contribution is -2.66. The Bertz CT molecular complexity index is 2970. The van der Waals surface area contributed by atoms with E-state index in [2.05, 4.69) is 167 Å². The predicted molar refractivity (Wildman–Crippen MR) is 247 cm³/mol. The van der Waals surface area contributed by atoms with Crippen LogP contribution in [0, 0.1) is 0 Å². The summed E-state index contributed by atoms with van der Waals surface area (Å²) in [6.07, 6.45) is 0. The highest BCUT2D eigenvalue weighted by Gasteiger charge is 2.37. The van der Waals surface area contributed by atoms with Gasteiger partial charge in [0, 0.05) is 43.8 Å². The fourth-order valence-electron chi connectivity index (χ4n) is 8.66. The molecule has 0 saturated heterocycles. The van der Waals surface area contributed by atoms with E-state index in [1.54, 1.807) is 5.19 Å². The summed E-state index contributed by atoms with van der Waals surface area (Å²) < 4.78 is 2.38. The van der Waals surface area contributed by atoms with Gasteiger partial charge in [0.1, 0.15) is 22.6 Å². The van der Waals surface area contributed by atoms with Gasteiger partial charge in [-0.15, -0.1) is 0 Å². The average molecular weight is 803 g/mol. The first kappa shape index (κ1) is 36.7. The maximum atomic E-state index is 5.54. The Balaban J connectivity index is 1.59. The first-order valence-electron chi connectivity index (χ1n) is 19.7. The molecule has 282 valence electrons. The molecule has 3 aromatic heterocycles. The second-order valence-corrected chi connectivity index (χ2v) is 39.3. The van der Waals surface area contributed by atoms with Crippen molar-refractivity contribution in [3.05, 3.63) is 78.9 Å². The van der Waals surface area contributed by atoms with Crippen molar-refractivity contribution in [3.63, 3.8) is 0 Å². The van der Waals surface area contributed by atoms with E-state index in [1.807, 2.05) is 0 Å². The van der Waals surface area contributed by atoms with Crippen molar-refractivity contribution >= 4 is 92.2 Å². The zero-order valence-corrected chi connectivity index (χ0v) is 38.6. The number of rotatable bonds is 4. The number of benzene rings is 4. The van der Waals surface area contributed by atoms with Crippen LogP contribution in [0.2, 0.25) is 78.6 Å². The first-order chi connectivity index (χ1) is 26.3. The van der Waals surface area contributed by atoms with Gasteiger partial charge in [-0.2, -0.15) is 0 Å². The first-order valence-corrected chi connectivity index (χ1v) is 33.6. The van der Waals surface area contributed by atoms with Crippen LogP contribution in [0.5, 0.6) is 0 Å². The van der Waals surface area contributed by atoms with Gasteiger partial charge in [-0.05, 0) is 5.19 Å². The number of nitrogens with one attached hydrogen (secondary N) is 1. The minimum absolute atomic E-state index is 0.652. The minimum Gasteiger partial charge on any atom is -0.339 e. The van der Waals surface area contributed by atoms with Gasteiger partial charge in [0.2, 0.25) is 0 Å². The van der Waals surface area contributed by atoms with Gasteiger partial charge < -0.3 is 9.22 Å². The number of aromatic nitrogens is 8. The number of hydrogen-bond donors (Lipinski definition) is 1. The Morgan fingerprint density at radius 3 is 1.25 bits per heavy atom. The predicted octanol–water partition coefficient (Wildman–Crippen LogP) is 9.66. The number of H-pyrrole nitrogens is 1. The third kappa shape index (κ3) is 5.79. The van der Waals surface area contributed by atoms with E-state index in [1.165, 1.54) is 15.8 Å². The highest BCUT2D eigenvalue weighted by atomic mass is 28.3. The molecule has 2 aliphatic rings. The summed E-state index contributed by atoms with van der Waals surface area (Å²) in [7, 11) is -7.83. The van der Waals surface area contributed by atoms with E-state index in [0.29, 0.717) is 23.3 Å². The summed E-state index contributed by atoms with van der Waals surface area (Å²) in [6.45, 7) is 29.5. The third-order valence-corrected chi connectivity index (χ3v) is 19.3. The Kier molecular flexibility index (Phi) is 8.07. The van der Waals surface area contributed by atoms with E-state index in [-0.39, 0.29) is 0 Å². The second-order valence-electron chi connectivity index (χ2n) is 19.4. The Labute approximate surface area is 332 Å². The summed E-state index contributed by atoms with van der Waals surface area (Å²) in [6, 6.07) is 27.7. The zero-order chi connectivity index (χ0) is 39.7. The van der Waals surface area contributed by atoms with E-state index in [4.69, 9.17) is 29.9 Å². The molecule has 0 unspecified atom stereocenters. The highest BCUT2D eigenvalue weighted by Crippen LogP contribution is 2.38. The Hall–Kier alpha value is -4.89. The number of hydrogen-bond acceptors (Lipinski definition) is 6. The molecule has 8 nitrogen and oxygen atoms in total. The molecule has 56 heavy (non-hydrogen) atoms. The Morgan fingerprint density at radius 1 is 0.429 bits per heavy atom. The highest BCUT2D eigenvalue weighted by molar-refractivity contribution is 7.05. The monoisotopic (exact) mass is 802 g/mol. The lowest BCUT2D eigenvalue weighted by atomic mass is 10.1. The quantitative estimate of drug-likeness (QED) is 0.178. The molecule has 12 heteroatoms. The van der Waals surface area contributed by atoms with Crippen molar-refractivity contribution in [2.75, 3.05) is 0 Å². The molecule has 7 aromatic rings. The van der Waals surface area contributed by atoms with Crippen LogP contribution in [0.3, 0.4) is 0 Å². The molecule has 4 aromatic carbocycles. The largest absolute Gasteiger partial charge is 0.339 e. The summed E-state index contributed by atoms with van der Waals surface area (Å²) in [5.41, 5.74) is 7.22. The molecule has 0 fully saturated rings. The molecule has 5 heterocycles. The molecule has 0 amide bonds. The van der Waals surface area contributed by atoms with Crippen LogP contribution < -0.4 is 15.6 Å². The van der Waals surface area contributed by atoms with Gasteiger partial charge >= 0.3 is 0 Å². The summed E-state index contributed by atoms with van der Waals surface area (Å²) in [4.78, 5) is 36.4. The normalized spacial score (nSPS) is 13.4. The van der Waals surface area contributed by atoms with Gasteiger partial charge in [-0.3, -0.25) is 0 Å². The summed E-state index contributed by atoms with van der Waals surface area (Å²) in [5, 5.41) is 9.03. The third-order valence-electron chi connectivity index (χ3n) is 11.0. The van der Waals surface area contributed by atoms with E-state index >= 15 is 0 Å². The van der Waals surface area contributed by atoms with Crippen LogP contribution in [0.15, 0.2) is 78.9 Å². The SMILES string of the molecule is C[Si](C)(C)c1cc2c3nc4nc(nc5c6ccccc6c(nc6nc(nc([nH]3)c2c([Si](C)(C)C)c1[Si](C)(C)C)-c1ccccc1-6)n5[Si](C)(C)C)-c1ccccc1-4. The summed E-state index contributed by atoms with van der Waals surface area (Å²) in [5.74, 6) is 2.63. The molecular weight excluding hydrogens is 753 g/mol. The number of nitrogens with zero attached hydrogens (tertiary/aromatic N) is 7. The molecule has 0 spiro atoms. The maximum absolute atomic E-state index is 5.54. The van der Waals surface area contributed by atoms with Crippen molar-refractivity contribution < 1.29 is 0 Å². The van der Waals surface area contributed by atoms with E-state index in [9.17, 15) is 0 Å². The van der Waals surface area contributed by atoms with Crippen molar-refractivity contribution in [1.29, 1.82) is 0 Å². The van der Waals surface area contributed by atoms with Gasteiger partial charge in [-0.1, -0.05) is 168 Å². The topological polar surface area (TPSA) is 98.1 Å². The molecule has 0 radical (unpaired) electrons. The summed E-state index contributed by atoms with van der Waals surface area (Å²) >= 11 is 0. The molecular formula is C44H50N8Si4. The standard InChI is InChI=1S/C44H50N8Si4/c1-53(2,3)33-25-32-34(36(55(7,8)9)35(33)54(4,5)6)42-48-38-27-20-14-16-22-29(27)40(46-38)51-44-31-24-18-17-23-30(31)43(52(44)56(10,11)12)50-39-28-21-15-13-19-26(28)37(45-39)47-41(32)49-42/h13-25H,1-12H3,(H,45,46,47,48,49,50,51). The second kappa shape index (κ2) is 12.3. The van der Waals surface area contributed by atoms with E-state index < -0.39 is 32.5 Å². The molecule has 0 saturated carbocycles. The van der Waals surface area contributed by atoms with Crippen molar-refractivity contribution in [1.82, 2.24) is 39.1 Å². The van der Waals surface area contributed by atoms with Crippen LogP contribution in [-0.4, -0.2) is 71.6 Å². The molecule has 0 aliphatic carbocycles. The molecule has 8 bridgehead atoms. The van der Waals surface area contributed by atoms with Crippen LogP contribution in [0.25, 0.3) is 89.7 Å². The van der Waals surface area contributed by atoms with Crippen molar-refractivity contribution in [3.8, 4) is 45.6 Å². The smallest absolute Gasteiger partial charge is 0.164 e. The van der Waals surface area contributed by atoms with Crippen molar-refractivity contribution in [2.24, 2.45) is 0 Å². The lowest BCUT2D eigenvalue weighted by Gasteiger charge is -2.35. The number of fused-ring (bicyclic) bond motifs is 20. The molecule has 0 atom stereocenters. The minimum atomic E-state index is -2.15. The lowest BCUT2D eigenvalue weighted by molar-refractivity contribution is 1.13. The van der Waals surface area contributed by atoms with Gasteiger partial charge in [0.05, 0.1) is 24.2 Å². The van der Waals surface area contributed by atoms with Crippen molar-refractivity contribution in [2.45, 2.75) is 78.6 Å². The van der Waals surface area contributed by atoms with Gasteiger partial charge in [-0.25, -0.2) is 29.9 Å². The van der Waals surface area contributed by atoms with Gasteiger partial charge in [0.25, 0.3) is 0 Å². The van der Waals surface area contributed by atoms with Crippen LogP contribution in [0.1, 0.15) is 0 Å². The van der Waals surface area contributed by atoms with Crippen LogP contribution in [0.4, 0.5) is 0 Å². The van der Waals surface area contributed by atoms with Crippen LogP contribution >= 0.6 is 0 Å². The Morgan fingerprint density at radius 2 is 0.839 bits per heavy atom. The van der Waals surface area contributed by atoms with Crippen LogP contribution in [-0.2, 0) is 0 Å². The fourth-order valence-corrected chi connectivity index (χ4v) is 20.0. The molecule has 2 aliphatic heterocycles. The molecule has 9 rings (SSSR count). The van der Waals surface area contributed by atoms with E-state index in [0.717, 1.165) is 61.0 Å².